The number of alkyl halides is 2. The highest BCUT2D eigenvalue weighted by Gasteiger charge is 2.36. The first-order valence-corrected chi connectivity index (χ1v) is 9.98. The Bertz CT molecular complexity index is 1010. The van der Waals surface area contributed by atoms with Crippen molar-refractivity contribution < 1.29 is 18.7 Å². The van der Waals surface area contributed by atoms with E-state index in [1.165, 1.54) is 16.8 Å². The van der Waals surface area contributed by atoms with Crippen molar-refractivity contribution in [1.82, 2.24) is 19.9 Å². The van der Waals surface area contributed by atoms with Crippen LogP contribution in [0.1, 0.15) is 37.0 Å². The van der Waals surface area contributed by atoms with Crippen LogP contribution in [0.25, 0.3) is 5.65 Å². The van der Waals surface area contributed by atoms with Crippen molar-refractivity contribution in [1.29, 1.82) is 0 Å². The van der Waals surface area contributed by atoms with Crippen LogP contribution in [0.4, 0.5) is 14.6 Å². The molecule has 1 aliphatic heterocycles. The number of carbonyl (C=O) groups is 1. The Morgan fingerprint density at radius 3 is 2.93 bits per heavy atom. The Labute approximate surface area is 173 Å². The molecule has 3 atom stereocenters. The van der Waals surface area contributed by atoms with Gasteiger partial charge in [-0.3, -0.25) is 4.79 Å². The third kappa shape index (κ3) is 4.21. The topological polar surface area (TPSA) is 82.8 Å². The second-order valence-corrected chi connectivity index (χ2v) is 8.46. The third-order valence-electron chi connectivity index (χ3n) is 5.31. The van der Waals surface area contributed by atoms with E-state index in [1.54, 1.807) is 32.2 Å². The number of amides is 1. The predicted octanol–water partition coefficient (Wildman–Crippen LogP) is 2.37. The van der Waals surface area contributed by atoms with E-state index < -0.39 is 23.9 Å². The van der Waals surface area contributed by atoms with E-state index in [1.807, 2.05) is 11.0 Å². The van der Waals surface area contributed by atoms with Gasteiger partial charge < -0.3 is 15.3 Å². The van der Waals surface area contributed by atoms with E-state index in [0.717, 1.165) is 5.57 Å². The minimum Gasteiger partial charge on any atom is -0.389 e. The number of nitrogens with one attached hydrogen (secondary N) is 1. The van der Waals surface area contributed by atoms with Crippen LogP contribution in [0.3, 0.4) is 0 Å². The van der Waals surface area contributed by atoms with Crippen molar-refractivity contribution in [3.05, 3.63) is 47.8 Å². The first-order chi connectivity index (χ1) is 14.2. The zero-order valence-corrected chi connectivity index (χ0v) is 16.9. The van der Waals surface area contributed by atoms with Gasteiger partial charge in [0, 0.05) is 25.6 Å². The lowest BCUT2D eigenvalue weighted by molar-refractivity contribution is 0.0695. The molecule has 160 valence electrons. The number of halogens is 2. The number of hydrogen-bond donors (Lipinski definition) is 2. The first-order valence-electron chi connectivity index (χ1n) is 9.98. The van der Waals surface area contributed by atoms with Crippen molar-refractivity contribution in [2.75, 3.05) is 18.0 Å². The molecule has 3 heterocycles. The molecule has 1 saturated heterocycles. The van der Waals surface area contributed by atoms with Gasteiger partial charge in [-0.25, -0.2) is 18.3 Å². The number of anilines is 1. The highest BCUT2D eigenvalue weighted by Crippen LogP contribution is 2.34. The summed E-state index contributed by atoms with van der Waals surface area (Å²) in [6.07, 6.45) is 6.49. The van der Waals surface area contributed by atoms with Crippen molar-refractivity contribution in [3.8, 4) is 0 Å². The number of allylic oxidation sites excluding steroid dienone is 3. The van der Waals surface area contributed by atoms with Gasteiger partial charge in [0.2, 0.25) is 0 Å². The van der Waals surface area contributed by atoms with E-state index in [0.29, 0.717) is 11.5 Å². The molecule has 0 spiro atoms. The molecule has 0 saturated carbocycles. The monoisotopic (exact) mass is 417 g/mol. The fourth-order valence-electron chi connectivity index (χ4n) is 3.87. The molecule has 0 aromatic carbocycles. The van der Waals surface area contributed by atoms with Crippen molar-refractivity contribution in [3.63, 3.8) is 0 Å². The summed E-state index contributed by atoms with van der Waals surface area (Å²) in [4.78, 5) is 19.0. The minimum atomic E-state index is -1.07. The summed E-state index contributed by atoms with van der Waals surface area (Å²) in [6.45, 7) is 3.42. The molecule has 2 aromatic rings. The SMILES string of the molecule is CC(C)(O)CNC(=O)c1cnn2ccc(N3C[C@@H](F)CC3C3=CC=CC(F)C3)nc12. The van der Waals surface area contributed by atoms with Crippen LogP contribution in [-0.4, -0.2) is 62.7 Å². The Kier molecular flexibility index (Phi) is 5.31. The molecule has 4 rings (SSSR count). The zero-order valence-electron chi connectivity index (χ0n) is 16.9. The molecule has 2 unspecified atom stereocenters. The summed E-state index contributed by atoms with van der Waals surface area (Å²) in [5.74, 6) is 0.106. The molecular weight excluding hydrogens is 392 g/mol. The largest absolute Gasteiger partial charge is 0.389 e. The average molecular weight is 417 g/mol. The molecule has 1 amide bonds. The number of aromatic nitrogens is 3. The summed E-state index contributed by atoms with van der Waals surface area (Å²) in [5, 5.41) is 16.6. The van der Waals surface area contributed by atoms with Crippen LogP contribution in [-0.2, 0) is 0 Å². The molecule has 2 N–H and O–H groups in total. The molecule has 0 bridgehead atoms. The fraction of sp³-hybridized carbons (Fsp3) is 0.476. The summed E-state index contributed by atoms with van der Waals surface area (Å²) < 4.78 is 29.6. The number of rotatable bonds is 5. The molecule has 30 heavy (non-hydrogen) atoms. The molecule has 1 fully saturated rings. The van der Waals surface area contributed by atoms with Gasteiger partial charge in [-0.05, 0) is 25.5 Å². The fourth-order valence-corrected chi connectivity index (χ4v) is 3.87. The maximum Gasteiger partial charge on any atom is 0.256 e. The lowest BCUT2D eigenvalue weighted by Gasteiger charge is -2.29. The van der Waals surface area contributed by atoms with Gasteiger partial charge in [0.25, 0.3) is 5.91 Å². The Morgan fingerprint density at radius 2 is 2.20 bits per heavy atom. The summed E-state index contributed by atoms with van der Waals surface area (Å²) in [7, 11) is 0. The van der Waals surface area contributed by atoms with Gasteiger partial charge in [-0.15, -0.1) is 0 Å². The number of nitrogens with zero attached hydrogens (tertiary/aromatic N) is 4. The predicted molar refractivity (Wildman–Crippen MR) is 109 cm³/mol. The van der Waals surface area contributed by atoms with Crippen molar-refractivity contribution in [2.24, 2.45) is 0 Å². The van der Waals surface area contributed by atoms with E-state index in [9.17, 15) is 18.7 Å². The van der Waals surface area contributed by atoms with Crippen molar-refractivity contribution in [2.45, 2.75) is 50.7 Å². The van der Waals surface area contributed by atoms with Crippen LogP contribution in [0.15, 0.2) is 42.3 Å². The Morgan fingerprint density at radius 1 is 1.40 bits per heavy atom. The van der Waals surface area contributed by atoms with Crippen LogP contribution in [0, 0.1) is 0 Å². The quantitative estimate of drug-likeness (QED) is 0.781. The zero-order chi connectivity index (χ0) is 21.5. The highest BCUT2D eigenvalue weighted by atomic mass is 19.1. The van der Waals surface area contributed by atoms with Crippen LogP contribution >= 0.6 is 0 Å². The second-order valence-electron chi connectivity index (χ2n) is 8.46. The maximum absolute atomic E-state index is 14.3. The normalized spacial score (nSPS) is 24.4. The third-order valence-corrected chi connectivity index (χ3v) is 5.31. The number of carbonyl (C=O) groups excluding carboxylic acids is 1. The van der Waals surface area contributed by atoms with E-state index >= 15 is 0 Å². The maximum atomic E-state index is 14.3. The van der Waals surface area contributed by atoms with Crippen LogP contribution in [0.5, 0.6) is 0 Å². The second kappa shape index (κ2) is 7.79. The Balaban J connectivity index is 1.63. The highest BCUT2D eigenvalue weighted by molar-refractivity contribution is 5.99. The Hall–Kier alpha value is -2.81. The summed E-state index contributed by atoms with van der Waals surface area (Å²) in [5.41, 5.74) is 0.385. The van der Waals surface area contributed by atoms with Gasteiger partial charge in [0.15, 0.2) is 5.65 Å². The van der Waals surface area contributed by atoms with Crippen LogP contribution < -0.4 is 10.2 Å². The lowest BCUT2D eigenvalue weighted by Crippen LogP contribution is -2.38. The van der Waals surface area contributed by atoms with Gasteiger partial charge in [-0.1, -0.05) is 18.2 Å². The molecular formula is C21H25F2N5O2. The molecule has 0 radical (unpaired) electrons. The van der Waals surface area contributed by atoms with E-state index in [4.69, 9.17) is 0 Å². The van der Waals surface area contributed by atoms with E-state index in [-0.39, 0.29) is 37.5 Å². The van der Waals surface area contributed by atoms with Gasteiger partial charge >= 0.3 is 0 Å². The van der Waals surface area contributed by atoms with Crippen molar-refractivity contribution >= 4 is 17.4 Å². The molecule has 2 aliphatic rings. The van der Waals surface area contributed by atoms with Gasteiger partial charge in [0.1, 0.15) is 23.7 Å². The number of fused-ring (bicyclic) bond motifs is 1. The van der Waals surface area contributed by atoms with Gasteiger partial charge in [0.05, 0.1) is 24.4 Å². The molecule has 2 aromatic heterocycles. The summed E-state index contributed by atoms with van der Waals surface area (Å²) >= 11 is 0. The minimum absolute atomic E-state index is 0.0761. The smallest absolute Gasteiger partial charge is 0.256 e. The van der Waals surface area contributed by atoms with E-state index in [2.05, 4.69) is 15.4 Å². The van der Waals surface area contributed by atoms with Crippen LogP contribution in [0.2, 0.25) is 0 Å². The lowest BCUT2D eigenvalue weighted by atomic mass is 9.95. The number of hydrogen-bond acceptors (Lipinski definition) is 5. The molecule has 7 nitrogen and oxygen atoms in total. The molecule has 1 aliphatic carbocycles. The van der Waals surface area contributed by atoms with Gasteiger partial charge in [-0.2, -0.15) is 5.10 Å². The average Bonchev–Trinajstić information content (AvgIpc) is 3.28. The standard InChI is InChI=1S/C21H25F2N5O2/c1-21(2,30)12-24-20(29)16-10-25-28-7-6-18(26-19(16)28)27-11-15(23)9-17(27)13-4-3-5-14(22)8-13/h3-7,10,14-15,17,30H,8-9,11-12H2,1-2H3,(H,24,29)/t14?,15-,17?/m0/s1. The molecule has 9 heteroatoms. The first kappa shape index (κ1) is 20.5. The number of aliphatic hydroxyl groups is 1. The summed E-state index contributed by atoms with van der Waals surface area (Å²) in [6, 6.07) is 1.43.